The molecule has 0 saturated carbocycles. The maximum Gasteiger partial charge on any atom is 0.0410 e. The summed E-state index contributed by atoms with van der Waals surface area (Å²) in [5, 5.41) is 0. The Labute approximate surface area is 127 Å². The topological polar surface area (TPSA) is 32.3 Å². The number of aromatic nitrogens is 2. The molecular weight excluding hydrogens is 316 g/mol. The first-order valence-corrected chi connectivity index (χ1v) is 7.57. The van der Waals surface area contributed by atoms with Crippen LogP contribution in [0.2, 0.25) is 0 Å². The number of anilines is 1. The van der Waals surface area contributed by atoms with Crippen molar-refractivity contribution in [2.75, 3.05) is 31.1 Å². The molecule has 0 N–H and O–H groups in total. The lowest BCUT2D eigenvalue weighted by Crippen LogP contribution is -2.45. The summed E-state index contributed by atoms with van der Waals surface area (Å²) in [5.74, 6) is 0. The van der Waals surface area contributed by atoms with Crippen LogP contribution in [0.15, 0.2) is 47.5 Å². The van der Waals surface area contributed by atoms with Crippen LogP contribution >= 0.6 is 15.9 Å². The van der Waals surface area contributed by atoms with Crippen molar-refractivity contribution in [3.05, 3.63) is 53.0 Å². The van der Waals surface area contributed by atoms with Gasteiger partial charge in [-0.25, -0.2) is 0 Å². The number of rotatable bonds is 3. The molecule has 0 atom stereocenters. The number of pyridine rings is 2. The summed E-state index contributed by atoms with van der Waals surface area (Å²) in [7, 11) is 0. The molecule has 4 nitrogen and oxygen atoms in total. The van der Waals surface area contributed by atoms with Gasteiger partial charge < -0.3 is 4.90 Å². The third kappa shape index (κ3) is 3.35. The molecule has 0 aromatic carbocycles. The molecule has 0 amide bonds. The Bertz CT molecular complexity index is 553. The van der Waals surface area contributed by atoms with E-state index in [0.717, 1.165) is 37.2 Å². The molecule has 0 unspecified atom stereocenters. The Balaban J connectivity index is 1.56. The number of hydrogen-bond acceptors (Lipinski definition) is 4. The second-order valence-electron chi connectivity index (χ2n) is 4.98. The van der Waals surface area contributed by atoms with Gasteiger partial charge in [0.2, 0.25) is 0 Å². The third-order valence-electron chi connectivity index (χ3n) is 3.57. The van der Waals surface area contributed by atoms with Crippen LogP contribution in [0.1, 0.15) is 5.56 Å². The Morgan fingerprint density at radius 1 is 1.00 bits per heavy atom. The van der Waals surface area contributed by atoms with Crippen molar-refractivity contribution < 1.29 is 0 Å². The predicted molar refractivity (Wildman–Crippen MR) is 83.7 cm³/mol. The Hall–Kier alpha value is -1.46. The van der Waals surface area contributed by atoms with E-state index in [9.17, 15) is 0 Å². The van der Waals surface area contributed by atoms with Crippen LogP contribution in [-0.4, -0.2) is 41.0 Å². The second kappa shape index (κ2) is 6.33. The van der Waals surface area contributed by atoms with Gasteiger partial charge in [0.15, 0.2) is 0 Å². The van der Waals surface area contributed by atoms with E-state index >= 15 is 0 Å². The number of piperazine rings is 1. The van der Waals surface area contributed by atoms with Crippen molar-refractivity contribution >= 4 is 21.6 Å². The maximum absolute atomic E-state index is 4.22. The van der Waals surface area contributed by atoms with Crippen LogP contribution in [0, 0.1) is 0 Å². The van der Waals surface area contributed by atoms with Gasteiger partial charge in [0, 0.05) is 67.7 Å². The van der Waals surface area contributed by atoms with Crippen LogP contribution in [0.25, 0.3) is 0 Å². The average molecular weight is 333 g/mol. The highest BCUT2D eigenvalue weighted by atomic mass is 79.9. The molecule has 2 aromatic rings. The quantitative estimate of drug-likeness (QED) is 0.864. The minimum atomic E-state index is 0.969. The summed E-state index contributed by atoms with van der Waals surface area (Å²) in [6, 6.07) is 6.30. The predicted octanol–water partition coefficient (Wildman–Crippen LogP) is 2.56. The molecular formula is C15H17BrN4. The van der Waals surface area contributed by atoms with Gasteiger partial charge >= 0.3 is 0 Å². The van der Waals surface area contributed by atoms with Crippen molar-refractivity contribution in [2.24, 2.45) is 0 Å². The van der Waals surface area contributed by atoms with E-state index in [4.69, 9.17) is 0 Å². The molecule has 0 radical (unpaired) electrons. The molecule has 2 aromatic heterocycles. The summed E-state index contributed by atoms with van der Waals surface area (Å²) < 4.78 is 1.05. The molecule has 3 heterocycles. The molecule has 3 rings (SSSR count). The van der Waals surface area contributed by atoms with Crippen molar-refractivity contribution in [3.8, 4) is 0 Å². The fourth-order valence-electron chi connectivity index (χ4n) is 2.52. The van der Waals surface area contributed by atoms with E-state index < -0.39 is 0 Å². The highest BCUT2D eigenvalue weighted by Gasteiger charge is 2.17. The SMILES string of the molecule is Brc1cncc(CN2CCN(c3ccncc3)CC2)c1. The lowest BCUT2D eigenvalue weighted by Gasteiger charge is -2.36. The standard InChI is InChI=1S/C15H17BrN4/c16-14-9-13(10-18-11-14)12-19-5-7-20(8-6-19)15-1-3-17-4-2-15/h1-4,9-11H,5-8,12H2. The number of halogens is 1. The van der Waals surface area contributed by atoms with E-state index in [1.807, 2.05) is 24.8 Å². The third-order valence-corrected chi connectivity index (χ3v) is 4.00. The van der Waals surface area contributed by atoms with Crippen LogP contribution in [0.5, 0.6) is 0 Å². The lowest BCUT2D eigenvalue weighted by molar-refractivity contribution is 0.249. The highest BCUT2D eigenvalue weighted by Crippen LogP contribution is 2.17. The lowest BCUT2D eigenvalue weighted by atomic mass is 10.2. The molecule has 1 aliphatic heterocycles. The first-order chi connectivity index (χ1) is 9.81. The zero-order chi connectivity index (χ0) is 13.8. The van der Waals surface area contributed by atoms with Gasteiger partial charge in [-0.1, -0.05) is 0 Å². The normalized spacial score (nSPS) is 16.4. The molecule has 0 aliphatic carbocycles. The fourth-order valence-corrected chi connectivity index (χ4v) is 2.93. The fraction of sp³-hybridized carbons (Fsp3) is 0.333. The highest BCUT2D eigenvalue weighted by molar-refractivity contribution is 9.10. The smallest absolute Gasteiger partial charge is 0.0410 e. The van der Waals surface area contributed by atoms with Crippen LogP contribution in [-0.2, 0) is 6.54 Å². The van der Waals surface area contributed by atoms with Gasteiger partial charge in [0.1, 0.15) is 0 Å². The van der Waals surface area contributed by atoms with Crippen molar-refractivity contribution in [2.45, 2.75) is 6.54 Å². The van der Waals surface area contributed by atoms with Gasteiger partial charge in [0.25, 0.3) is 0 Å². The van der Waals surface area contributed by atoms with Crippen molar-refractivity contribution in [3.63, 3.8) is 0 Å². The largest absolute Gasteiger partial charge is 0.369 e. The maximum atomic E-state index is 4.22. The van der Waals surface area contributed by atoms with Gasteiger partial charge in [-0.05, 0) is 39.7 Å². The van der Waals surface area contributed by atoms with Crippen molar-refractivity contribution in [1.82, 2.24) is 14.9 Å². The van der Waals surface area contributed by atoms with E-state index in [1.54, 1.807) is 0 Å². The second-order valence-corrected chi connectivity index (χ2v) is 5.90. The molecule has 0 spiro atoms. The Kier molecular flexibility index (Phi) is 4.28. The zero-order valence-electron chi connectivity index (χ0n) is 11.2. The van der Waals surface area contributed by atoms with Gasteiger partial charge in [-0.3, -0.25) is 14.9 Å². The molecule has 0 bridgehead atoms. The van der Waals surface area contributed by atoms with E-state index in [1.165, 1.54) is 11.3 Å². The summed E-state index contributed by atoms with van der Waals surface area (Å²) in [6.45, 7) is 5.25. The molecule has 20 heavy (non-hydrogen) atoms. The Morgan fingerprint density at radius 3 is 2.45 bits per heavy atom. The minimum Gasteiger partial charge on any atom is -0.369 e. The van der Waals surface area contributed by atoms with E-state index in [0.29, 0.717) is 0 Å². The van der Waals surface area contributed by atoms with Gasteiger partial charge in [-0.2, -0.15) is 0 Å². The first-order valence-electron chi connectivity index (χ1n) is 6.78. The summed E-state index contributed by atoms with van der Waals surface area (Å²) in [4.78, 5) is 13.2. The molecule has 104 valence electrons. The molecule has 1 saturated heterocycles. The molecule has 1 aliphatic rings. The number of nitrogens with zero attached hydrogens (tertiary/aromatic N) is 4. The minimum absolute atomic E-state index is 0.969. The van der Waals surface area contributed by atoms with Gasteiger partial charge in [-0.15, -0.1) is 0 Å². The zero-order valence-corrected chi connectivity index (χ0v) is 12.8. The van der Waals surface area contributed by atoms with E-state index in [2.05, 4.69) is 53.9 Å². The van der Waals surface area contributed by atoms with Gasteiger partial charge in [0.05, 0.1) is 0 Å². The van der Waals surface area contributed by atoms with Crippen LogP contribution in [0.3, 0.4) is 0 Å². The summed E-state index contributed by atoms with van der Waals surface area (Å²) in [6.07, 6.45) is 7.48. The monoisotopic (exact) mass is 332 g/mol. The molecule has 5 heteroatoms. The number of hydrogen-bond donors (Lipinski definition) is 0. The van der Waals surface area contributed by atoms with Crippen LogP contribution in [0.4, 0.5) is 5.69 Å². The summed E-state index contributed by atoms with van der Waals surface area (Å²) in [5.41, 5.74) is 2.53. The molecule has 1 fully saturated rings. The Morgan fingerprint density at radius 2 is 1.75 bits per heavy atom. The first kappa shape index (κ1) is 13.5. The average Bonchev–Trinajstić information content (AvgIpc) is 2.49. The van der Waals surface area contributed by atoms with Crippen LogP contribution < -0.4 is 4.90 Å². The van der Waals surface area contributed by atoms with Crippen molar-refractivity contribution in [1.29, 1.82) is 0 Å². The summed E-state index contributed by atoms with van der Waals surface area (Å²) >= 11 is 3.47. The van der Waals surface area contributed by atoms with E-state index in [-0.39, 0.29) is 0 Å².